The number of anilines is 2. The maximum Gasteiger partial charge on any atom is 0.0643 e. The Balaban J connectivity index is 0.000000384. The fraction of sp³-hybridized carbons (Fsp3) is 0.246. The molecule has 2 atom stereocenters. The first-order chi connectivity index (χ1) is 32.8. The lowest BCUT2D eigenvalue weighted by molar-refractivity contribution is 0.411. The third kappa shape index (κ3) is 11.5. The van der Waals surface area contributed by atoms with Crippen LogP contribution >= 0.6 is 10.5 Å². The highest BCUT2D eigenvalue weighted by atomic mass is 32.2. The number of nitrogens with zero attached hydrogens (tertiary/aromatic N) is 1. The molecule has 1 aliphatic carbocycles. The van der Waals surface area contributed by atoms with Crippen molar-refractivity contribution in [3.63, 3.8) is 0 Å². The van der Waals surface area contributed by atoms with Crippen LogP contribution in [0.15, 0.2) is 210 Å². The highest BCUT2D eigenvalue weighted by molar-refractivity contribution is 8.17. The molecule has 0 radical (unpaired) electrons. The average molecular weight is 911 g/mol. The fourth-order valence-corrected chi connectivity index (χ4v) is 10.9. The highest BCUT2D eigenvalue weighted by Gasteiger charge is 2.33. The summed E-state index contributed by atoms with van der Waals surface area (Å²) in [4.78, 5) is 7.51. The number of fused-ring (bicyclic) bond motifs is 4. The molecule has 2 heterocycles. The zero-order valence-electron chi connectivity index (χ0n) is 41.8. The van der Waals surface area contributed by atoms with Crippen LogP contribution in [0.1, 0.15) is 85.4 Å². The fourth-order valence-electron chi connectivity index (χ4n) is 9.47. The molecule has 10 rings (SSSR count). The van der Waals surface area contributed by atoms with Gasteiger partial charge in [0.25, 0.3) is 0 Å². The van der Waals surface area contributed by atoms with Gasteiger partial charge in [-0.25, -0.2) is 0 Å². The number of hydrogen-bond acceptors (Lipinski definition) is 1. The lowest BCUT2D eigenvalue weighted by Gasteiger charge is -2.43. The van der Waals surface area contributed by atoms with Crippen molar-refractivity contribution in [1.82, 2.24) is 4.98 Å². The summed E-state index contributed by atoms with van der Waals surface area (Å²) in [6.45, 7) is 20.2. The Morgan fingerprint density at radius 3 is 1.96 bits per heavy atom. The second-order valence-electron chi connectivity index (χ2n) is 20.6. The van der Waals surface area contributed by atoms with Gasteiger partial charge in [0.1, 0.15) is 0 Å². The number of nitrogens with one attached hydrogen (secondary N) is 1. The summed E-state index contributed by atoms with van der Waals surface area (Å²) in [6.07, 6.45) is 17.6. The maximum absolute atomic E-state index is 3.57. The number of allylic oxidation sites excluding steroid dienone is 5. The highest BCUT2D eigenvalue weighted by Crippen LogP contribution is 2.42. The van der Waals surface area contributed by atoms with Crippen LogP contribution in [0.4, 0.5) is 11.4 Å². The quantitative estimate of drug-likeness (QED) is 0.143. The number of rotatable bonds is 9. The van der Waals surface area contributed by atoms with Crippen LogP contribution < -0.4 is 4.90 Å². The van der Waals surface area contributed by atoms with Crippen molar-refractivity contribution in [2.24, 2.45) is 10.8 Å². The smallest absolute Gasteiger partial charge is 0.0643 e. The minimum Gasteiger partial charge on any atom is -0.355 e. The molecule has 0 saturated carbocycles. The summed E-state index contributed by atoms with van der Waals surface area (Å²) in [6, 6.07) is 58.3. The van der Waals surface area contributed by atoms with Crippen LogP contribution in [0.25, 0.3) is 43.7 Å². The van der Waals surface area contributed by atoms with Gasteiger partial charge < -0.3 is 9.88 Å². The molecule has 2 unspecified atom stereocenters. The van der Waals surface area contributed by atoms with Gasteiger partial charge in [-0.1, -0.05) is 189 Å². The predicted molar refractivity (Wildman–Crippen MR) is 302 cm³/mol. The van der Waals surface area contributed by atoms with Gasteiger partial charge in [-0.15, -0.1) is 10.5 Å². The summed E-state index contributed by atoms with van der Waals surface area (Å²) in [5.74, 6) is 0. The molecule has 68 heavy (non-hydrogen) atoms. The number of aromatic amines is 1. The van der Waals surface area contributed by atoms with E-state index < -0.39 is 0 Å². The topological polar surface area (TPSA) is 19.0 Å². The van der Waals surface area contributed by atoms with E-state index in [2.05, 4.69) is 263 Å². The number of hydrogen-bond donors (Lipinski definition) is 1. The number of aromatic nitrogens is 1. The Hall–Kier alpha value is -6.42. The van der Waals surface area contributed by atoms with E-state index in [-0.39, 0.29) is 26.9 Å². The Kier molecular flexibility index (Phi) is 14.7. The Labute approximate surface area is 409 Å². The average Bonchev–Trinajstić information content (AvgIpc) is 3.72. The van der Waals surface area contributed by atoms with Crippen molar-refractivity contribution in [2.45, 2.75) is 98.4 Å². The van der Waals surface area contributed by atoms with Gasteiger partial charge >= 0.3 is 0 Å². The Morgan fingerprint density at radius 2 is 1.24 bits per heavy atom. The minimum absolute atomic E-state index is 0.121. The normalized spacial score (nSPS) is 16.7. The molecule has 7 aromatic carbocycles. The molecule has 0 bridgehead atoms. The molecule has 3 heteroatoms. The van der Waals surface area contributed by atoms with Crippen molar-refractivity contribution in [3.8, 4) is 11.1 Å². The summed E-state index contributed by atoms with van der Waals surface area (Å²) >= 11 is 0. The summed E-state index contributed by atoms with van der Waals surface area (Å²) < 4.78 is 0. The van der Waals surface area contributed by atoms with Gasteiger partial charge in [0.2, 0.25) is 0 Å². The molecule has 0 saturated heterocycles. The largest absolute Gasteiger partial charge is 0.355 e. The van der Waals surface area contributed by atoms with E-state index in [1.807, 2.05) is 13.8 Å². The van der Waals surface area contributed by atoms with E-state index in [0.29, 0.717) is 0 Å². The van der Waals surface area contributed by atoms with E-state index in [4.69, 9.17) is 0 Å². The molecule has 8 aromatic rings. The lowest BCUT2D eigenvalue weighted by atomic mass is 9.79. The van der Waals surface area contributed by atoms with Gasteiger partial charge in [0.15, 0.2) is 0 Å². The van der Waals surface area contributed by atoms with Gasteiger partial charge in [-0.2, -0.15) is 0 Å². The first kappa shape index (κ1) is 48.1. The summed E-state index contributed by atoms with van der Waals surface area (Å²) in [7, 11) is 0.200. The van der Waals surface area contributed by atoms with Crippen LogP contribution in [0, 0.1) is 10.8 Å². The van der Waals surface area contributed by atoms with Gasteiger partial charge in [0, 0.05) is 38.1 Å². The van der Waals surface area contributed by atoms with Crippen molar-refractivity contribution >= 4 is 59.8 Å². The van der Waals surface area contributed by atoms with E-state index in [1.165, 1.54) is 82.2 Å². The molecular formula is C65H70N2S. The Bertz CT molecular complexity index is 3160. The first-order valence-corrected chi connectivity index (χ1v) is 26.0. The van der Waals surface area contributed by atoms with Crippen molar-refractivity contribution < 1.29 is 0 Å². The molecule has 2 nitrogen and oxygen atoms in total. The van der Waals surface area contributed by atoms with E-state index in [1.54, 1.807) is 0 Å². The third-order valence-corrected chi connectivity index (χ3v) is 14.7. The number of benzene rings is 7. The number of H-pyrrole nitrogens is 1. The number of aryl methyl sites for hydroxylation is 2. The van der Waals surface area contributed by atoms with E-state index in [9.17, 15) is 0 Å². The summed E-state index contributed by atoms with van der Waals surface area (Å²) in [5.41, 5.74) is 13.1. The number of para-hydroxylation sites is 1. The lowest BCUT2D eigenvalue weighted by Crippen LogP contribution is -2.42. The molecule has 1 aliphatic heterocycles. The molecular weight excluding hydrogens is 841 g/mol. The van der Waals surface area contributed by atoms with Crippen LogP contribution in [-0.4, -0.2) is 15.9 Å². The predicted octanol–water partition coefficient (Wildman–Crippen LogP) is 18.6. The van der Waals surface area contributed by atoms with Crippen molar-refractivity contribution in [3.05, 3.63) is 222 Å². The zero-order chi connectivity index (χ0) is 47.9. The molecule has 0 fully saturated rings. The third-order valence-electron chi connectivity index (χ3n) is 13.0. The Morgan fingerprint density at radius 1 is 0.574 bits per heavy atom. The van der Waals surface area contributed by atoms with Crippen LogP contribution in [0.3, 0.4) is 0 Å². The first-order valence-electron chi connectivity index (χ1n) is 24.6. The summed E-state index contributed by atoms with van der Waals surface area (Å²) in [5, 5.41) is 9.49. The van der Waals surface area contributed by atoms with E-state index in [0.717, 1.165) is 25.7 Å². The van der Waals surface area contributed by atoms with Crippen molar-refractivity contribution in [1.29, 1.82) is 0 Å². The molecule has 2 aliphatic rings. The maximum atomic E-state index is 3.57. The van der Waals surface area contributed by atoms with Crippen LogP contribution in [0.2, 0.25) is 0 Å². The second-order valence-corrected chi connectivity index (χ2v) is 22.3. The minimum atomic E-state index is -0.216. The molecule has 0 amide bonds. The van der Waals surface area contributed by atoms with Gasteiger partial charge in [0.05, 0.1) is 5.54 Å². The zero-order valence-corrected chi connectivity index (χ0v) is 42.6. The standard InChI is InChI=1S/C52H54N2.C11H10S.C2H6/c1-50(2,3)35-38-12-10-11-37(31-38)16-15-36-17-23-44(24-18-36)54(52(7)29-27-43(28-30-52)51(4,5)6)45-25-21-40-32-39(19-20-41(40)33-45)42-22-26-49-47(34-42)46-13-8-9-14-48(46)53-49;1-3-7-11(8-4-1)12-9-5-2-6-10-12;1-2/h8-14,17-29,31-34,53H,15-16,30,35H2,1-7H3;1-10H;1-2H3. The van der Waals surface area contributed by atoms with E-state index >= 15 is 0 Å². The second kappa shape index (κ2) is 20.8. The monoisotopic (exact) mass is 911 g/mol. The van der Waals surface area contributed by atoms with Crippen LogP contribution in [0.5, 0.6) is 0 Å². The van der Waals surface area contributed by atoms with Crippen LogP contribution in [-0.2, 0) is 19.3 Å². The molecule has 1 aromatic heterocycles. The molecule has 1 N–H and O–H groups in total. The molecule has 0 spiro atoms. The van der Waals surface area contributed by atoms with Gasteiger partial charge in [-0.3, -0.25) is 0 Å². The van der Waals surface area contributed by atoms with Crippen molar-refractivity contribution in [2.75, 3.05) is 4.90 Å². The molecule has 346 valence electrons. The SMILES string of the molecule is C1=CC=S(c2ccccc2)C=C1.CC.CC(C)(C)Cc1cccc(CCc2ccc(N(c3ccc4cc(-c5ccc6[nH]c7ccccc7c6c5)ccc4c3)C3(C)C=CC(C(C)(C)C)=CC3)cc2)c1. The van der Waals surface area contributed by atoms with Gasteiger partial charge in [-0.05, 0) is 159 Å².